The zero-order valence-electron chi connectivity index (χ0n) is 13.3. The number of carboxylic acids is 1. The summed E-state index contributed by atoms with van der Waals surface area (Å²) >= 11 is 0. The first-order valence-corrected chi connectivity index (χ1v) is 7.63. The minimum atomic E-state index is -0.962. The van der Waals surface area contributed by atoms with Gasteiger partial charge in [-0.3, -0.25) is 19.4 Å². The molecule has 0 saturated carbocycles. The standard InChI is InChI=1S/C15H21N3O5/c1-3-5-15(13(21)22)6-4-7-18(9-15)12(20)10-8-17(2)14(23)16-11(10)19/h8H,3-7,9H2,1-2H3,(H,21,22)(H,16,19,23)/t15-/m1/s1. The number of nitrogens with one attached hydrogen (secondary N) is 1. The zero-order valence-corrected chi connectivity index (χ0v) is 13.3. The third kappa shape index (κ3) is 3.20. The molecule has 1 aromatic heterocycles. The molecule has 2 rings (SSSR count). The SMILES string of the molecule is CCC[C@@]1(C(=O)O)CCCN(C(=O)c2cn(C)c(=O)[nH]c2=O)C1. The van der Waals surface area contributed by atoms with E-state index >= 15 is 0 Å². The lowest BCUT2D eigenvalue weighted by molar-refractivity contribution is -0.152. The Morgan fingerprint density at radius 3 is 2.70 bits per heavy atom. The maximum Gasteiger partial charge on any atom is 0.328 e. The van der Waals surface area contributed by atoms with E-state index in [1.807, 2.05) is 6.92 Å². The Hall–Kier alpha value is -2.38. The van der Waals surface area contributed by atoms with Crippen molar-refractivity contribution in [3.05, 3.63) is 32.6 Å². The molecule has 1 atom stereocenters. The fourth-order valence-corrected chi connectivity index (χ4v) is 3.16. The molecule has 1 aromatic rings. The normalized spacial score (nSPS) is 21.2. The average Bonchev–Trinajstić information content (AvgIpc) is 2.50. The molecule has 0 radical (unpaired) electrons. The maximum atomic E-state index is 12.6. The molecule has 0 aromatic carbocycles. The van der Waals surface area contributed by atoms with E-state index in [0.717, 1.165) is 4.57 Å². The van der Waals surface area contributed by atoms with Gasteiger partial charge in [-0.15, -0.1) is 0 Å². The van der Waals surface area contributed by atoms with Crippen molar-refractivity contribution in [3.8, 4) is 0 Å². The van der Waals surface area contributed by atoms with Gasteiger partial charge >= 0.3 is 11.7 Å². The Balaban J connectivity index is 2.33. The lowest BCUT2D eigenvalue weighted by atomic mass is 9.76. The Kier molecular flexibility index (Phi) is 4.72. The van der Waals surface area contributed by atoms with Crippen LogP contribution >= 0.6 is 0 Å². The smallest absolute Gasteiger partial charge is 0.328 e. The molecule has 2 N–H and O–H groups in total. The van der Waals surface area contributed by atoms with Crippen LogP contribution in [0.25, 0.3) is 0 Å². The molecule has 2 heterocycles. The van der Waals surface area contributed by atoms with Gasteiger partial charge in [0, 0.05) is 26.3 Å². The number of carboxylic acid groups (broad SMARTS) is 1. The summed E-state index contributed by atoms with van der Waals surface area (Å²) in [7, 11) is 1.43. The van der Waals surface area contributed by atoms with E-state index in [1.165, 1.54) is 18.1 Å². The number of amides is 1. The lowest BCUT2D eigenvalue weighted by Gasteiger charge is -2.39. The molecule has 1 aliphatic rings. The van der Waals surface area contributed by atoms with Crippen LogP contribution in [0, 0.1) is 5.41 Å². The number of rotatable bonds is 4. The minimum absolute atomic E-state index is 0.0806. The summed E-state index contributed by atoms with van der Waals surface area (Å²) < 4.78 is 1.12. The van der Waals surface area contributed by atoms with Gasteiger partial charge in [-0.25, -0.2) is 4.79 Å². The first-order valence-electron chi connectivity index (χ1n) is 7.63. The molecule has 1 amide bonds. The number of hydrogen-bond donors (Lipinski definition) is 2. The molecule has 0 bridgehead atoms. The summed E-state index contributed by atoms with van der Waals surface area (Å²) in [5.74, 6) is -1.45. The van der Waals surface area contributed by atoms with Gasteiger partial charge in [0.05, 0.1) is 5.41 Å². The zero-order chi connectivity index (χ0) is 17.2. The molecule has 126 valence electrons. The van der Waals surface area contributed by atoms with Crippen LogP contribution in [0.4, 0.5) is 0 Å². The fourth-order valence-electron chi connectivity index (χ4n) is 3.16. The van der Waals surface area contributed by atoms with Crippen LogP contribution in [0.3, 0.4) is 0 Å². The van der Waals surface area contributed by atoms with E-state index in [9.17, 15) is 24.3 Å². The maximum absolute atomic E-state index is 12.6. The molecule has 8 heteroatoms. The number of nitrogens with zero attached hydrogens (tertiary/aromatic N) is 2. The Morgan fingerprint density at radius 2 is 2.09 bits per heavy atom. The van der Waals surface area contributed by atoms with Crippen LogP contribution in [-0.2, 0) is 11.8 Å². The van der Waals surface area contributed by atoms with Gasteiger partial charge in [0.1, 0.15) is 5.56 Å². The van der Waals surface area contributed by atoms with Gasteiger partial charge < -0.3 is 14.6 Å². The topological polar surface area (TPSA) is 112 Å². The molecule has 0 unspecified atom stereocenters. The van der Waals surface area contributed by atoms with Gasteiger partial charge in [-0.1, -0.05) is 13.3 Å². The predicted molar refractivity (Wildman–Crippen MR) is 82.4 cm³/mol. The van der Waals surface area contributed by atoms with Gasteiger partial charge in [-0.05, 0) is 19.3 Å². The average molecular weight is 323 g/mol. The van der Waals surface area contributed by atoms with Crippen LogP contribution in [0.15, 0.2) is 15.8 Å². The lowest BCUT2D eigenvalue weighted by Crippen LogP contribution is -2.51. The Morgan fingerprint density at radius 1 is 1.39 bits per heavy atom. The molecule has 1 fully saturated rings. The Labute approximate surface area is 132 Å². The highest BCUT2D eigenvalue weighted by Gasteiger charge is 2.43. The second-order valence-corrected chi connectivity index (χ2v) is 6.08. The van der Waals surface area contributed by atoms with Crippen molar-refractivity contribution < 1.29 is 14.7 Å². The molecular formula is C15H21N3O5. The van der Waals surface area contributed by atoms with E-state index in [1.54, 1.807) is 0 Å². The summed E-state index contributed by atoms with van der Waals surface area (Å²) in [5, 5.41) is 9.57. The highest BCUT2D eigenvalue weighted by atomic mass is 16.4. The number of aromatic nitrogens is 2. The third-order valence-corrected chi connectivity index (χ3v) is 4.38. The van der Waals surface area contributed by atoms with Crippen molar-refractivity contribution in [2.24, 2.45) is 12.5 Å². The number of aryl methyl sites for hydroxylation is 1. The van der Waals surface area contributed by atoms with Crippen LogP contribution in [-0.4, -0.2) is 44.5 Å². The number of carbonyl (C=O) groups is 2. The van der Waals surface area contributed by atoms with Crippen LogP contribution in [0.2, 0.25) is 0 Å². The molecular weight excluding hydrogens is 302 g/mol. The molecule has 0 aliphatic carbocycles. The number of hydrogen-bond acceptors (Lipinski definition) is 4. The summed E-state index contributed by atoms with van der Waals surface area (Å²) in [6.07, 6.45) is 3.47. The summed E-state index contributed by atoms with van der Waals surface area (Å²) in [4.78, 5) is 51.0. The largest absolute Gasteiger partial charge is 0.481 e. The fraction of sp³-hybridized carbons (Fsp3) is 0.600. The van der Waals surface area contributed by atoms with Gasteiger partial charge in [-0.2, -0.15) is 0 Å². The number of H-pyrrole nitrogens is 1. The minimum Gasteiger partial charge on any atom is -0.481 e. The highest BCUT2D eigenvalue weighted by Crippen LogP contribution is 2.35. The number of likely N-dealkylation sites (tertiary alicyclic amines) is 1. The van der Waals surface area contributed by atoms with E-state index in [-0.39, 0.29) is 12.1 Å². The van der Waals surface area contributed by atoms with Gasteiger partial charge in [0.15, 0.2) is 0 Å². The van der Waals surface area contributed by atoms with Crippen LogP contribution < -0.4 is 11.2 Å². The number of aliphatic carboxylic acids is 1. The van der Waals surface area contributed by atoms with Crippen LogP contribution in [0.5, 0.6) is 0 Å². The van der Waals surface area contributed by atoms with E-state index in [2.05, 4.69) is 4.98 Å². The Bertz CT molecular complexity index is 731. The number of carbonyl (C=O) groups excluding carboxylic acids is 1. The molecule has 1 aliphatic heterocycles. The number of piperidine rings is 1. The second-order valence-electron chi connectivity index (χ2n) is 6.08. The van der Waals surface area contributed by atoms with Crippen molar-refractivity contribution in [1.29, 1.82) is 0 Å². The molecule has 23 heavy (non-hydrogen) atoms. The van der Waals surface area contributed by atoms with Gasteiger partial charge in [0.25, 0.3) is 11.5 Å². The van der Waals surface area contributed by atoms with E-state index in [4.69, 9.17) is 0 Å². The summed E-state index contributed by atoms with van der Waals surface area (Å²) in [6, 6.07) is 0. The molecule has 1 saturated heterocycles. The second kappa shape index (κ2) is 6.39. The van der Waals surface area contributed by atoms with Crippen LogP contribution in [0.1, 0.15) is 43.0 Å². The third-order valence-electron chi connectivity index (χ3n) is 4.38. The van der Waals surface area contributed by atoms with Crippen molar-refractivity contribution in [1.82, 2.24) is 14.5 Å². The first kappa shape index (κ1) is 17.0. The number of aromatic amines is 1. The van der Waals surface area contributed by atoms with Crippen molar-refractivity contribution in [2.75, 3.05) is 13.1 Å². The van der Waals surface area contributed by atoms with Gasteiger partial charge in [0.2, 0.25) is 0 Å². The molecule has 0 spiro atoms. The molecule has 8 nitrogen and oxygen atoms in total. The highest BCUT2D eigenvalue weighted by molar-refractivity contribution is 5.94. The first-order chi connectivity index (χ1) is 10.8. The van der Waals surface area contributed by atoms with Crippen molar-refractivity contribution >= 4 is 11.9 Å². The van der Waals surface area contributed by atoms with Crippen molar-refractivity contribution in [3.63, 3.8) is 0 Å². The predicted octanol–water partition coefficient (Wildman–Crippen LogP) is 0.181. The van der Waals surface area contributed by atoms with E-state index < -0.39 is 28.5 Å². The summed E-state index contributed by atoms with van der Waals surface area (Å²) in [5.41, 5.74) is -2.46. The van der Waals surface area contributed by atoms with Crippen molar-refractivity contribution in [2.45, 2.75) is 32.6 Å². The quantitative estimate of drug-likeness (QED) is 0.821. The monoisotopic (exact) mass is 323 g/mol. The van der Waals surface area contributed by atoms with E-state index in [0.29, 0.717) is 32.2 Å². The summed E-state index contributed by atoms with van der Waals surface area (Å²) in [6.45, 7) is 2.39.